The Bertz CT molecular complexity index is 647. The van der Waals surface area contributed by atoms with Crippen molar-refractivity contribution in [3.05, 3.63) is 69.5 Å². The zero-order chi connectivity index (χ0) is 15.2. The van der Waals surface area contributed by atoms with Gasteiger partial charge in [-0.1, -0.05) is 12.1 Å². The summed E-state index contributed by atoms with van der Waals surface area (Å²) in [4.78, 5) is 10.4. The van der Waals surface area contributed by atoms with Crippen LogP contribution in [0.2, 0.25) is 0 Å². The minimum atomic E-state index is -0.546. The van der Waals surface area contributed by atoms with Crippen molar-refractivity contribution in [3.63, 3.8) is 0 Å². The third-order valence-electron chi connectivity index (χ3n) is 2.91. The topological polar surface area (TPSA) is 64.4 Å². The average molecular weight is 290 g/mol. The number of rotatable bonds is 6. The second-order valence-electron chi connectivity index (χ2n) is 4.50. The van der Waals surface area contributed by atoms with Crippen LogP contribution in [-0.4, -0.2) is 12.0 Å². The van der Waals surface area contributed by atoms with Gasteiger partial charge in [0.1, 0.15) is 18.2 Å². The lowest BCUT2D eigenvalue weighted by atomic mass is 10.2. The number of ether oxygens (including phenoxy) is 1. The Hall–Kier alpha value is -2.47. The maximum Gasteiger partial charge on any atom is 0.276 e. The lowest BCUT2D eigenvalue weighted by Gasteiger charge is -2.08. The number of hydrogen-bond acceptors (Lipinski definition) is 4. The molecule has 2 aromatic rings. The molecule has 0 radical (unpaired) electrons. The van der Waals surface area contributed by atoms with E-state index in [1.165, 1.54) is 0 Å². The van der Waals surface area contributed by atoms with E-state index in [0.717, 1.165) is 23.8 Å². The highest BCUT2D eigenvalue weighted by molar-refractivity contribution is 5.40. The fraction of sp³-hybridized carbons (Fsp3) is 0.200. The molecule has 0 amide bonds. The van der Waals surface area contributed by atoms with Gasteiger partial charge < -0.3 is 10.1 Å². The van der Waals surface area contributed by atoms with E-state index in [0.29, 0.717) is 12.3 Å². The molecule has 0 aliphatic rings. The maximum atomic E-state index is 13.2. The molecule has 5 nitrogen and oxygen atoms in total. The Labute approximate surface area is 121 Å². The fourth-order valence-electron chi connectivity index (χ4n) is 1.96. The lowest BCUT2D eigenvalue weighted by molar-refractivity contribution is -0.385. The molecule has 0 atom stereocenters. The van der Waals surface area contributed by atoms with E-state index in [1.807, 2.05) is 25.2 Å². The molecule has 2 rings (SSSR count). The summed E-state index contributed by atoms with van der Waals surface area (Å²) >= 11 is 0. The Morgan fingerprint density at radius 3 is 2.81 bits per heavy atom. The summed E-state index contributed by atoms with van der Waals surface area (Å²) in [5.41, 5.74) is 1.09. The van der Waals surface area contributed by atoms with Crippen LogP contribution in [0.1, 0.15) is 11.1 Å². The highest BCUT2D eigenvalue weighted by Crippen LogP contribution is 2.22. The molecule has 21 heavy (non-hydrogen) atoms. The Morgan fingerprint density at radius 1 is 1.29 bits per heavy atom. The molecule has 0 heterocycles. The summed E-state index contributed by atoms with van der Waals surface area (Å²) in [6.45, 7) is 0.633. The van der Waals surface area contributed by atoms with E-state index < -0.39 is 10.7 Å². The number of nitro benzene ring substituents is 1. The van der Waals surface area contributed by atoms with Crippen molar-refractivity contribution < 1.29 is 14.1 Å². The molecule has 2 aromatic carbocycles. The van der Waals surface area contributed by atoms with Crippen LogP contribution in [0.4, 0.5) is 10.1 Å². The van der Waals surface area contributed by atoms with Gasteiger partial charge in [0.2, 0.25) is 0 Å². The normalized spacial score (nSPS) is 10.4. The van der Waals surface area contributed by atoms with Gasteiger partial charge in [-0.3, -0.25) is 10.1 Å². The number of nitrogens with zero attached hydrogens (tertiary/aromatic N) is 1. The first-order chi connectivity index (χ1) is 10.1. The molecule has 0 fully saturated rings. The van der Waals surface area contributed by atoms with Gasteiger partial charge in [-0.05, 0) is 36.9 Å². The summed E-state index contributed by atoms with van der Waals surface area (Å²) < 4.78 is 18.7. The molecule has 0 aliphatic carbocycles. The molecule has 0 aromatic heterocycles. The molecule has 6 heteroatoms. The Morgan fingerprint density at radius 2 is 2.10 bits per heavy atom. The molecule has 0 unspecified atom stereocenters. The quantitative estimate of drug-likeness (QED) is 0.656. The van der Waals surface area contributed by atoms with E-state index in [4.69, 9.17) is 4.74 Å². The van der Waals surface area contributed by atoms with Crippen molar-refractivity contribution in [1.29, 1.82) is 0 Å². The van der Waals surface area contributed by atoms with E-state index in [-0.39, 0.29) is 17.9 Å². The second kappa shape index (κ2) is 6.81. The van der Waals surface area contributed by atoms with Gasteiger partial charge in [-0.25, -0.2) is 4.39 Å². The maximum absolute atomic E-state index is 13.2. The van der Waals surface area contributed by atoms with Crippen LogP contribution in [0.25, 0.3) is 0 Å². The average Bonchev–Trinajstić information content (AvgIpc) is 2.45. The summed E-state index contributed by atoms with van der Waals surface area (Å²) in [5, 5.41) is 13.9. The van der Waals surface area contributed by atoms with Crippen molar-refractivity contribution in [1.82, 2.24) is 5.32 Å². The van der Waals surface area contributed by atoms with Crippen LogP contribution in [0, 0.1) is 15.9 Å². The standard InChI is InChI=1S/C15H15FN2O3/c1-17-9-11-3-2-4-14(7-11)21-10-12-8-13(16)5-6-15(12)18(19)20/h2-8,17H,9-10H2,1H3. The zero-order valence-corrected chi connectivity index (χ0v) is 11.5. The van der Waals surface area contributed by atoms with Crippen LogP contribution in [0.15, 0.2) is 42.5 Å². The van der Waals surface area contributed by atoms with Gasteiger partial charge in [0, 0.05) is 12.6 Å². The number of halogens is 1. The van der Waals surface area contributed by atoms with Crippen molar-refractivity contribution in [3.8, 4) is 5.75 Å². The van der Waals surface area contributed by atoms with Crippen LogP contribution >= 0.6 is 0 Å². The zero-order valence-electron chi connectivity index (χ0n) is 11.5. The van der Waals surface area contributed by atoms with Crippen molar-refractivity contribution in [2.45, 2.75) is 13.2 Å². The lowest BCUT2D eigenvalue weighted by Crippen LogP contribution is -2.05. The third kappa shape index (κ3) is 4.00. The van der Waals surface area contributed by atoms with Gasteiger partial charge in [0.15, 0.2) is 0 Å². The highest BCUT2D eigenvalue weighted by Gasteiger charge is 2.14. The van der Waals surface area contributed by atoms with Crippen molar-refractivity contribution >= 4 is 5.69 Å². The van der Waals surface area contributed by atoms with E-state index >= 15 is 0 Å². The SMILES string of the molecule is CNCc1cccc(OCc2cc(F)ccc2[N+](=O)[O-])c1. The monoisotopic (exact) mass is 290 g/mol. The van der Waals surface area contributed by atoms with Crippen LogP contribution in [-0.2, 0) is 13.2 Å². The molecule has 0 bridgehead atoms. The molecule has 0 spiro atoms. The molecule has 0 saturated carbocycles. The smallest absolute Gasteiger partial charge is 0.276 e. The molecule has 1 N–H and O–H groups in total. The molecular formula is C15H15FN2O3. The molecule has 110 valence electrons. The highest BCUT2D eigenvalue weighted by atomic mass is 19.1. The van der Waals surface area contributed by atoms with Gasteiger partial charge >= 0.3 is 0 Å². The largest absolute Gasteiger partial charge is 0.489 e. The minimum absolute atomic E-state index is 0.0585. The number of hydrogen-bond donors (Lipinski definition) is 1. The number of benzene rings is 2. The summed E-state index contributed by atoms with van der Waals surface area (Å²) in [7, 11) is 1.84. The molecule has 0 saturated heterocycles. The molecule has 0 aliphatic heterocycles. The third-order valence-corrected chi connectivity index (χ3v) is 2.91. The minimum Gasteiger partial charge on any atom is -0.489 e. The van der Waals surface area contributed by atoms with Crippen LogP contribution < -0.4 is 10.1 Å². The predicted molar refractivity (Wildman–Crippen MR) is 76.6 cm³/mol. The summed E-state index contributed by atoms with van der Waals surface area (Å²) in [6.07, 6.45) is 0. The fourth-order valence-corrected chi connectivity index (χ4v) is 1.96. The molecular weight excluding hydrogens is 275 g/mol. The number of nitro groups is 1. The van der Waals surface area contributed by atoms with Crippen molar-refractivity contribution in [2.75, 3.05) is 7.05 Å². The van der Waals surface area contributed by atoms with Gasteiger partial charge in [0.25, 0.3) is 5.69 Å². The number of nitrogens with one attached hydrogen (secondary N) is 1. The first kappa shape index (κ1) is 14.9. The Balaban J connectivity index is 2.14. The van der Waals surface area contributed by atoms with E-state index in [9.17, 15) is 14.5 Å². The van der Waals surface area contributed by atoms with E-state index in [2.05, 4.69) is 5.32 Å². The van der Waals surface area contributed by atoms with Crippen LogP contribution in [0.5, 0.6) is 5.75 Å². The predicted octanol–water partition coefficient (Wildman–Crippen LogP) is 3.03. The first-order valence-electron chi connectivity index (χ1n) is 6.39. The van der Waals surface area contributed by atoms with E-state index in [1.54, 1.807) is 6.07 Å². The van der Waals surface area contributed by atoms with Gasteiger partial charge in [-0.2, -0.15) is 0 Å². The summed E-state index contributed by atoms with van der Waals surface area (Å²) in [5.74, 6) is 0.0597. The van der Waals surface area contributed by atoms with Gasteiger partial charge in [-0.15, -0.1) is 0 Å². The van der Waals surface area contributed by atoms with Gasteiger partial charge in [0.05, 0.1) is 10.5 Å². The Kier molecular flexibility index (Phi) is 4.84. The second-order valence-corrected chi connectivity index (χ2v) is 4.50. The van der Waals surface area contributed by atoms with Crippen molar-refractivity contribution in [2.24, 2.45) is 0 Å². The first-order valence-corrected chi connectivity index (χ1v) is 6.39. The summed E-state index contributed by atoms with van der Waals surface area (Å²) in [6, 6.07) is 10.7. The van der Waals surface area contributed by atoms with Crippen LogP contribution in [0.3, 0.4) is 0 Å².